The van der Waals surface area contributed by atoms with Crippen molar-refractivity contribution in [3.63, 3.8) is 0 Å². The van der Waals surface area contributed by atoms with E-state index in [1.165, 1.54) is 11.8 Å². The van der Waals surface area contributed by atoms with Crippen molar-refractivity contribution in [2.45, 2.75) is 12.5 Å². The number of terminal acetylenes is 1. The Morgan fingerprint density at radius 1 is 1.69 bits per heavy atom. The third-order valence-electron chi connectivity index (χ3n) is 1.35. The zero-order valence-corrected chi connectivity index (χ0v) is 8.06. The summed E-state index contributed by atoms with van der Waals surface area (Å²) in [7, 11) is 0. The number of amides is 1. The molecule has 0 spiro atoms. The molecule has 0 unspecified atom stereocenters. The number of rotatable bonds is 5. The maximum absolute atomic E-state index is 10.7. The number of hydrogen-bond donors (Lipinski definition) is 2. The summed E-state index contributed by atoms with van der Waals surface area (Å²) in [5, 5.41) is 10.9. The largest absolute Gasteiger partial charge is 0.480 e. The summed E-state index contributed by atoms with van der Waals surface area (Å²) in [6, 6.07) is -0.879. The summed E-state index contributed by atoms with van der Waals surface area (Å²) >= 11 is 1.52. The summed E-state index contributed by atoms with van der Waals surface area (Å²) in [6.07, 6.45) is 7.03. The predicted octanol–water partition coefficient (Wildman–Crippen LogP) is -0.0579. The van der Waals surface area contributed by atoms with Gasteiger partial charge in [0.25, 0.3) is 5.91 Å². The van der Waals surface area contributed by atoms with Gasteiger partial charge in [-0.15, -0.1) is 6.42 Å². The molecule has 1 amide bonds. The molecule has 0 aromatic rings. The molecule has 0 saturated heterocycles. The van der Waals surface area contributed by atoms with Crippen LogP contribution in [0.4, 0.5) is 0 Å². The van der Waals surface area contributed by atoms with Crippen LogP contribution in [0.3, 0.4) is 0 Å². The van der Waals surface area contributed by atoms with Gasteiger partial charge in [0.05, 0.1) is 0 Å². The molecule has 13 heavy (non-hydrogen) atoms. The molecular weight excluding hydrogens is 190 g/mol. The predicted molar refractivity (Wildman–Crippen MR) is 51.4 cm³/mol. The molecule has 5 heteroatoms. The fraction of sp³-hybridized carbons (Fsp3) is 0.500. The van der Waals surface area contributed by atoms with Gasteiger partial charge in [-0.2, -0.15) is 11.8 Å². The maximum Gasteiger partial charge on any atom is 0.326 e. The number of nitrogens with one attached hydrogen (secondary N) is 1. The lowest BCUT2D eigenvalue weighted by Gasteiger charge is -2.10. The first-order valence-corrected chi connectivity index (χ1v) is 5.00. The van der Waals surface area contributed by atoms with Crippen molar-refractivity contribution in [2.24, 2.45) is 0 Å². The van der Waals surface area contributed by atoms with Crippen molar-refractivity contribution in [2.75, 3.05) is 12.0 Å². The minimum Gasteiger partial charge on any atom is -0.480 e. The van der Waals surface area contributed by atoms with Crippen LogP contribution in [0.15, 0.2) is 0 Å². The molecule has 0 aliphatic carbocycles. The van der Waals surface area contributed by atoms with Crippen molar-refractivity contribution in [1.29, 1.82) is 0 Å². The molecule has 0 rings (SSSR count). The molecular formula is C8H11NO3S. The highest BCUT2D eigenvalue weighted by molar-refractivity contribution is 7.98. The fourth-order valence-corrected chi connectivity index (χ4v) is 1.16. The molecule has 0 fully saturated rings. The van der Waals surface area contributed by atoms with E-state index in [4.69, 9.17) is 11.5 Å². The maximum atomic E-state index is 10.7. The minimum atomic E-state index is -1.06. The van der Waals surface area contributed by atoms with E-state index in [-0.39, 0.29) is 0 Å². The van der Waals surface area contributed by atoms with Crippen molar-refractivity contribution >= 4 is 23.6 Å². The molecule has 0 heterocycles. The normalized spacial score (nSPS) is 11.4. The van der Waals surface area contributed by atoms with E-state index in [0.29, 0.717) is 12.2 Å². The lowest BCUT2D eigenvalue weighted by molar-refractivity contribution is -0.141. The van der Waals surface area contributed by atoms with Gasteiger partial charge in [0.15, 0.2) is 0 Å². The van der Waals surface area contributed by atoms with Gasteiger partial charge in [-0.1, -0.05) is 0 Å². The van der Waals surface area contributed by atoms with E-state index in [2.05, 4.69) is 5.32 Å². The number of carboxylic acid groups (broad SMARTS) is 1. The number of hydrogen-bond acceptors (Lipinski definition) is 3. The van der Waals surface area contributed by atoms with Crippen LogP contribution in [0.2, 0.25) is 0 Å². The number of carbonyl (C=O) groups excluding carboxylic acids is 1. The molecule has 0 aliphatic heterocycles. The molecule has 0 bridgehead atoms. The lowest BCUT2D eigenvalue weighted by atomic mass is 10.2. The van der Waals surface area contributed by atoms with Gasteiger partial charge in [0.2, 0.25) is 0 Å². The highest BCUT2D eigenvalue weighted by atomic mass is 32.2. The van der Waals surface area contributed by atoms with Crippen LogP contribution < -0.4 is 5.32 Å². The second-order valence-electron chi connectivity index (χ2n) is 2.29. The highest BCUT2D eigenvalue weighted by Crippen LogP contribution is 2.00. The number of thioether (sulfide) groups is 1. The molecule has 4 nitrogen and oxygen atoms in total. The topological polar surface area (TPSA) is 66.4 Å². The summed E-state index contributed by atoms with van der Waals surface area (Å²) in [4.78, 5) is 21.2. The van der Waals surface area contributed by atoms with Gasteiger partial charge in [-0.25, -0.2) is 4.79 Å². The number of carbonyl (C=O) groups is 2. The number of aliphatic carboxylic acids is 1. The lowest BCUT2D eigenvalue weighted by Crippen LogP contribution is -2.40. The molecule has 2 N–H and O–H groups in total. The standard InChI is InChI=1S/C8H11NO3S/c1-3-7(10)9-6(8(11)12)4-5-13-2/h1,6H,4-5H2,2H3,(H,9,10)(H,11,12)/t6-/m1/s1. The van der Waals surface area contributed by atoms with Gasteiger partial charge in [-0.05, 0) is 24.3 Å². The monoisotopic (exact) mass is 201 g/mol. The third kappa shape index (κ3) is 5.15. The summed E-state index contributed by atoms with van der Waals surface area (Å²) < 4.78 is 0. The summed E-state index contributed by atoms with van der Waals surface area (Å²) in [5.41, 5.74) is 0. The van der Waals surface area contributed by atoms with E-state index in [0.717, 1.165) is 0 Å². The second-order valence-corrected chi connectivity index (χ2v) is 3.28. The van der Waals surface area contributed by atoms with Crippen LogP contribution in [-0.2, 0) is 9.59 Å². The Hall–Kier alpha value is -1.15. The van der Waals surface area contributed by atoms with E-state index >= 15 is 0 Å². The molecule has 0 radical (unpaired) electrons. The second kappa shape index (κ2) is 6.38. The van der Waals surface area contributed by atoms with Crippen LogP contribution in [-0.4, -0.2) is 35.0 Å². The summed E-state index contributed by atoms with van der Waals surface area (Å²) in [6.45, 7) is 0. The molecule has 0 aromatic heterocycles. The minimum absolute atomic E-state index is 0.379. The first-order chi connectivity index (χ1) is 6.11. The van der Waals surface area contributed by atoms with Gasteiger partial charge in [-0.3, -0.25) is 4.79 Å². The van der Waals surface area contributed by atoms with Gasteiger partial charge >= 0.3 is 5.97 Å². The Morgan fingerprint density at radius 3 is 2.69 bits per heavy atom. The smallest absolute Gasteiger partial charge is 0.326 e. The SMILES string of the molecule is C#CC(=O)N[C@H](CCSC)C(=O)O. The average Bonchev–Trinajstić information content (AvgIpc) is 2.11. The molecule has 0 aliphatic rings. The third-order valence-corrected chi connectivity index (χ3v) is 1.99. The van der Waals surface area contributed by atoms with E-state index < -0.39 is 17.9 Å². The van der Waals surface area contributed by atoms with Crippen LogP contribution in [0.1, 0.15) is 6.42 Å². The van der Waals surface area contributed by atoms with Crippen LogP contribution >= 0.6 is 11.8 Å². The average molecular weight is 201 g/mol. The van der Waals surface area contributed by atoms with Crippen molar-refractivity contribution in [3.8, 4) is 12.3 Å². The first kappa shape index (κ1) is 11.8. The van der Waals surface area contributed by atoms with Crippen LogP contribution in [0.5, 0.6) is 0 Å². The highest BCUT2D eigenvalue weighted by Gasteiger charge is 2.17. The first-order valence-electron chi connectivity index (χ1n) is 3.60. The molecule has 72 valence electrons. The van der Waals surface area contributed by atoms with E-state index in [9.17, 15) is 9.59 Å². The quantitative estimate of drug-likeness (QED) is 0.612. The fourth-order valence-electron chi connectivity index (χ4n) is 0.693. The van der Waals surface area contributed by atoms with Gasteiger partial charge in [0, 0.05) is 0 Å². The van der Waals surface area contributed by atoms with E-state index in [1.54, 1.807) is 5.92 Å². The van der Waals surface area contributed by atoms with Crippen LogP contribution in [0, 0.1) is 12.3 Å². The molecule has 1 atom stereocenters. The Kier molecular flexibility index (Phi) is 5.81. The summed E-state index contributed by atoms with van der Waals surface area (Å²) in [5.74, 6) is 0.731. The Balaban J connectivity index is 4.04. The molecule has 0 saturated carbocycles. The van der Waals surface area contributed by atoms with E-state index in [1.807, 2.05) is 6.26 Å². The van der Waals surface area contributed by atoms with Crippen molar-refractivity contribution in [1.82, 2.24) is 5.32 Å². The zero-order chi connectivity index (χ0) is 10.3. The van der Waals surface area contributed by atoms with Crippen molar-refractivity contribution < 1.29 is 14.7 Å². The zero-order valence-electron chi connectivity index (χ0n) is 7.24. The van der Waals surface area contributed by atoms with Gasteiger partial charge in [0.1, 0.15) is 6.04 Å². The van der Waals surface area contributed by atoms with Crippen molar-refractivity contribution in [3.05, 3.63) is 0 Å². The molecule has 0 aromatic carbocycles. The van der Waals surface area contributed by atoms with Gasteiger partial charge < -0.3 is 10.4 Å². The Bertz CT molecular complexity index is 234. The Morgan fingerprint density at radius 2 is 2.31 bits per heavy atom. The number of carboxylic acids is 1. The Labute approximate surface area is 81.1 Å². The van der Waals surface area contributed by atoms with Crippen LogP contribution in [0.25, 0.3) is 0 Å².